The van der Waals surface area contributed by atoms with Crippen LogP contribution in [0.5, 0.6) is 0 Å². The molecule has 0 bridgehead atoms. The Morgan fingerprint density at radius 3 is 1.94 bits per heavy atom. The fourth-order valence-corrected chi connectivity index (χ4v) is 10.5. The van der Waals surface area contributed by atoms with Gasteiger partial charge in [-0.05, 0) is 64.9 Å². The van der Waals surface area contributed by atoms with E-state index in [0.717, 1.165) is 0 Å². The van der Waals surface area contributed by atoms with E-state index in [-0.39, 0.29) is 69.5 Å². The molecule has 19 nitrogen and oxygen atoms in total. The van der Waals surface area contributed by atoms with E-state index in [1.54, 1.807) is 71.1 Å². The summed E-state index contributed by atoms with van der Waals surface area (Å²) in [7, 11) is 1.50. The summed E-state index contributed by atoms with van der Waals surface area (Å²) in [6.45, 7) is 16.2. The van der Waals surface area contributed by atoms with Crippen molar-refractivity contribution >= 4 is 11.8 Å². The third-order valence-electron chi connectivity index (χ3n) is 15.7. The molecule has 3 fully saturated rings. The minimum Gasteiger partial charge on any atom is -0.462 e. The molecule has 0 aromatic heterocycles. The second kappa shape index (κ2) is 33.4. The van der Waals surface area contributed by atoms with Gasteiger partial charge in [0.2, 0.25) is 0 Å². The molecule has 0 aliphatic carbocycles. The number of ether oxygens (including phenoxy) is 8. The highest BCUT2D eigenvalue weighted by molar-refractivity contribution is 5.95. The summed E-state index contributed by atoms with van der Waals surface area (Å²) < 4.78 is 48.3. The summed E-state index contributed by atoms with van der Waals surface area (Å²) in [5.41, 5.74) is 0.404. The number of methoxy groups -OCH3 is 1. The topological polar surface area (TPSA) is 290 Å². The van der Waals surface area contributed by atoms with Crippen LogP contribution < -0.4 is 0 Å². The van der Waals surface area contributed by atoms with Crippen LogP contribution >= 0.6 is 0 Å². The van der Waals surface area contributed by atoms with E-state index in [0.29, 0.717) is 37.7 Å². The van der Waals surface area contributed by atoms with Gasteiger partial charge < -0.3 is 83.9 Å². The number of aliphatic hydroxyl groups is 9. The van der Waals surface area contributed by atoms with Crippen LogP contribution in [0.25, 0.3) is 0 Å². The number of cyclic esters (lactones) is 1. The molecule has 4 aliphatic rings. The molecule has 0 saturated carbocycles. The molecule has 77 heavy (non-hydrogen) atoms. The fourth-order valence-electron chi connectivity index (χ4n) is 10.5. The zero-order chi connectivity index (χ0) is 57.1. The summed E-state index contributed by atoms with van der Waals surface area (Å²) in [5.74, 6) is -2.19. The number of rotatable bonds is 15. The average Bonchev–Trinajstić information content (AvgIpc) is 3.36. The summed E-state index contributed by atoms with van der Waals surface area (Å²) in [5, 5.41) is 98.8. The molecule has 0 amide bonds. The van der Waals surface area contributed by atoms with Gasteiger partial charge in [0.15, 0.2) is 24.7 Å². The van der Waals surface area contributed by atoms with Gasteiger partial charge in [0.1, 0.15) is 24.4 Å². The minimum absolute atomic E-state index is 0.00494. The lowest BCUT2D eigenvalue weighted by molar-refractivity contribution is -0.314. The Labute approximate surface area is 457 Å². The minimum atomic E-state index is -1.12. The Hall–Kier alpha value is -2.54. The van der Waals surface area contributed by atoms with Crippen molar-refractivity contribution in [2.75, 3.05) is 7.11 Å². The molecular weight excluding hydrogens is 1000 g/mol. The van der Waals surface area contributed by atoms with E-state index in [1.807, 2.05) is 33.8 Å². The average molecular weight is 1100 g/mol. The Morgan fingerprint density at radius 1 is 0.675 bits per heavy atom. The SMILES string of the molecule is CO[C@@H]1C[C@H](O[C@H]2C[C@@H](O)C/C=C(\C)C(=O)C[C@H](O)CCCCCC(=O)O[C@H](C[C@@H](O)[C@H](C)[C@@H](O)[C@@H](C)[C@H](CC(C)C)O[C@H]3C[C@@H](O[C@H]4C[C@@H](O)[C@H](O)[C@@H](C)O4)[C@H](O)[C@@H](C)O3)[C@@H](C)/C=C/C=C/C=C/[C@@H](O)C2)O[C@H](C)[C@H]1O. The van der Waals surface area contributed by atoms with Crippen molar-refractivity contribution in [3.05, 3.63) is 48.1 Å². The quantitative estimate of drug-likeness (QED) is 0.0998. The summed E-state index contributed by atoms with van der Waals surface area (Å²) in [6.07, 6.45) is -1.55. The van der Waals surface area contributed by atoms with Gasteiger partial charge in [-0.1, -0.05) is 90.0 Å². The van der Waals surface area contributed by atoms with Gasteiger partial charge >= 0.3 is 5.97 Å². The lowest BCUT2D eigenvalue weighted by atomic mass is 9.81. The lowest BCUT2D eigenvalue weighted by Crippen LogP contribution is -2.54. The number of carbonyl (C=O) groups excluding carboxylic acids is 2. The smallest absolute Gasteiger partial charge is 0.306 e. The van der Waals surface area contributed by atoms with Gasteiger partial charge in [0.05, 0.1) is 79.4 Å². The predicted molar refractivity (Wildman–Crippen MR) is 286 cm³/mol. The maximum absolute atomic E-state index is 13.4. The van der Waals surface area contributed by atoms with Gasteiger partial charge in [-0.3, -0.25) is 9.59 Å². The maximum Gasteiger partial charge on any atom is 0.306 e. The first-order valence-electron chi connectivity index (χ1n) is 28.4. The molecule has 4 heterocycles. The van der Waals surface area contributed by atoms with E-state index >= 15 is 0 Å². The van der Waals surface area contributed by atoms with Gasteiger partial charge in [-0.2, -0.15) is 0 Å². The number of esters is 1. The zero-order valence-corrected chi connectivity index (χ0v) is 47.4. The van der Waals surface area contributed by atoms with Crippen molar-refractivity contribution in [3.8, 4) is 0 Å². The Morgan fingerprint density at radius 2 is 1.29 bits per heavy atom. The Bertz CT molecular complexity index is 1830. The number of hydrogen-bond donors (Lipinski definition) is 9. The molecule has 0 spiro atoms. The number of hydrogen-bond acceptors (Lipinski definition) is 19. The van der Waals surface area contributed by atoms with E-state index in [1.165, 1.54) is 7.11 Å². The molecule has 0 aromatic carbocycles. The maximum atomic E-state index is 13.4. The molecule has 19 heteroatoms. The van der Waals surface area contributed by atoms with Gasteiger partial charge in [-0.15, -0.1) is 0 Å². The molecule has 0 unspecified atom stereocenters. The molecule has 23 atom stereocenters. The standard InChI is InChI=1S/C58H98O19/c1-32(2)24-48(76-54-31-50(58(69)39(9)73-54)77-52-29-46(64)56(67)37(7)71-52)36(6)55(66)35(5)45(63)28-47-34(4)18-14-11-12-15-19-40(59)25-43(74-53-30-49(70-10)57(68)38(8)72-53)26-42(61)23-22-33(3)44(62)27-41(60)20-16-13-17-21-51(65)75-47/h11-12,14-15,18-19,22,32,34-43,45-50,52-61,63-64,66-69H,13,16-17,20-21,23-31H2,1-10H3/b12-11+,18-14+,19-15+,33-22+/t34-,35-,36-,37+,38+,39+,40+,41+,42-,43+,45+,46+,47+,48-,49+,50+,52-,53-,54-,55+,56+,57+,58+/m0/s1. The second-order valence-electron chi connectivity index (χ2n) is 22.8. The van der Waals surface area contributed by atoms with Crippen molar-refractivity contribution in [2.45, 2.75) is 275 Å². The summed E-state index contributed by atoms with van der Waals surface area (Å²) in [4.78, 5) is 26.5. The third kappa shape index (κ3) is 22.4. The molecule has 0 aromatic rings. The van der Waals surface area contributed by atoms with Crippen LogP contribution in [0.15, 0.2) is 48.1 Å². The van der Waals surface area contributed by atoms with Crippen LogP contribution in [0.1, 0.15) is 152 Å². The molecule has 3 saturated heterocycles. The van der Waals surface area contributed by atoms with Crippen molar-refractivity contribution < 1.29 is 93.4 Å². The first-order valence-corrected chi connectivity index (χ1v) is 28.4. The predicted octanol–water partition coefficient (Wildman–Crippen LogP) is 4.77. The van der Waals surface area contributed by atoms with E-state index in [2.05, 4.69) is 0 Å². The normalized spacial score (nSPS) is 40.5. The first kappa shape index (κ1) is 67.0. The highest BCUT2D eigenvalue weighted by Gasteiger charge is 2.44. The van der Waals surface area contributed by atoms with E-state index in [9.17, 15) is 55.5 Å². The Kier molecular flexibility index (Phi) is 29.0. The summed E-state index contributed by atoms with van der Waals surface area (Å²) >= 11 is 0. The third-order valence-corrected chi connectivity index (χ3v) is 15.7. The van der Waals surface area contributed by atoms with Crippen LogP contribution in [0.3, 0.4) is 0 Å². The second-order valence-corrected chi connectivity index (χ2v) is 22.8. The van der Waals surface area contributed by atoms with Crippen molar-refractivity contribution in [1.29, 1.82) is 0 Å². The van der Waals surface area contributed by atoms with Crippen LogP contribution in [0, 0.1) is 23.7 Å². The largest absolute Gasteiger partial charge is 0.462 e. The monoisotopic (exact) mass is 1100 g/mol. The van der Waals surface area contributed by atoms with Crippen molar-refractivity contribution in [2.24, 2.45) is 23.7 Å². The highest BCUT2D eigenvalue weighted by atomic mass is 16.7. The van der Waals surface area contributed by atoms with E-state index < -0.39 is 146 Å². The van der Waals surface area contributed by atoms with Crippen LogP contribution in [-0.4, -0.2) is 187 Å². The molecular formula is C58H98O19. The highest BCUT2D eigenvalue weighted by Crippen LogP contribution is 2.34. The lowest BCUT2D eigenvalue weighted by Gasteiger charge is -2.43. The summed E-state index contributed by atoms with van der Waals surface area (Å²) in [6, 6.07) is 0. The van der Waals surface area contributed by atoms with Crippen molar-refractivity contribution in [1.82, 2.24) is 0 Å². The molecule has 444 valence electrons. The fraction of sp³-hybridized carbons (Fsp3) is 0.828. The number of ketones is 1. The number of allylic oxidation sites excluding steroid dienone is 5. The first-order chi connectivity index (χ1) is 36.4. The van der Waals surface area contributed by atoms with Crippen molar-refractivity contribution in [3.63, 3.8) is 0 Å². The number of carbonyl (C=O) groups is 2. The van der Waals surface area contributed by atoms with E-state index in [4.69, 9.17) is 37.9 Å². The molecule has 9 N–H and O–H groups in total. The zero-order valence-electron chi connectivity index (χ0n) is 47.4. The molecule has 4 aliphatic heterocycles. The van der Waals surface area contributed by atoms with Crippen LogP contribution in [0.4, 0.5) is 0 Å². The Balaban J connectivity index is 1.47. The van der Waals surface area contributed by atoms with Gasteiger partial charge in [0, 0.05) is 76.2 Å². The van der Waals surface area contributed by atoms with Gasteiger partial charge in [0.25, 0.3) is 0 Å². The van der Waals surface area contributed by atoms with Crippen LogP contribution in [0.2, 0.25) is 0 Å². The molecule has 4 rings (SSSR count). The molecule has 0 radical (unpaired) electrons. The number of aliphatic hydroxyl groups excluding tert-OH is 9. The van der Waals surface area contributed by atoms with Gasteiger partial charge in [-0.25, -0.2) is 0 Å². The van der Waals surface area contributed by atoms with Crippen LogP contribution in [-0.2, 0) is 47.5 Å². The number of Topliss-reactive ketones (excluding diaryl/α,β-unsaturated/α-hetero) is 1.